The number of fused-ring (bicyclic) bond motifs is 1. The molecule has 0 aliphatic carbocycles. The molecule has 0 N–H and O–H groups in total. The van der Waals surface area contributed by atoms with E-state index in [-0.39, 0.29) is 5.57 Å². The van der Waals surface area contributed by atoms with Gasteiger partial charge in [-0.1, -0.05) is 37.3 Å². The van der Waals surface area contributed by atoms with Gasteiger partial charge in [0.1, 0.15) is 11.3 Å². The van der Waals surface area contributed by atoms with Crippen molar-refractivity contribution in [3.05, 3.63) is 47.5 Å². The zero-order valence-electron chi connectivity index (χ0n) is 14.5. The highest BCUT2D eigenvalue weighted by Gasteiger charge is 2.39. The molecule has 1 aliphatic heterocycles. The Balaban J connectivity index is 2.13. The number of cyclic esters (lactones) is 2. The predicted octanol–water partition coefficient (Wildman–Crippen LogP) is 3.85. The molecule has 0 atom stereocenters. The molecule has 5 nitrogen and oxygen atoms in total. The SMILES string of the molecule is CCCOc1ccc2ccccc2c1C=C1C(=O)OC(C)(C)OC1=O. The molecule has 1 saturated heterocycles. The highest BCUT2D eigenvalue weighted by atomic mass is 16.7. The van der Waals surface area contributed by atoms with Gasteiger partial charge in [0, 0.05) is 19.4 Å². The van der Waals surface area contributed by atoms with Crippen molar-refractivity contribution in [2.24, 2.45) is 0 Å². The molecule has 130 valence electrons. The summed E-state index contributed by atoms with van der Waals surface area (Å²) in [6, 6.07) is 11.5. The van der Waals surface area contributed by atoms with E-state index in [4.69, 9.17) is 14.2 Å². The molecule has 3 rings (SSSR count). The molecule has 25 heavy (non-hydrogen) atoms. The Bertz CT molecular complexity index is 842. The minimum absolute atomic E-state index is 0.142. The number of ether oxygens (including phenoxy) is 3. The number of benzene rings is 2. The van der Waals surface area contributed by atoms with Gasteiger partial charge in [0.2, 0.25) is 0 Å². The largest absolute Gasteiger partial charge is 0.493 e. The van der Waals surface area contributed by atoms with E-state index < -0.39 is 17.7 Å². The molecule has 0 spiro atoms. The summed E-state index contributed by atoms with van der Waals surface area (Å²) in [4.78, 5) is 24.5. The topological polar surface area (TPSA) is 61.8 Å². The van der Waals surface area contributed by atoms with Gasteiger partial charge in [-0.15, -0.1) is 0 Å². The maximum atomic E-state index is 12.3. The lowest BCUT2D eigenvalue weighted by Crippen LogP contribution is -2.41. The second-order valence-electron chi connectivity index (χ2n) is 6.28. The van der Waals surface area contributed by atoms with Crippen LogP contribution in [0.2, 0.25) is 0 Å². The number of hydrogen-bond acceptors (Lipinski definition) is 5. The van der Waals surface area contributed by atoms with Gasteiger partial charge >= 0.3 is 11.9 Å². The summed E-state index contributed by atoms with van der Waals surface area (Å²) < 4.78 is 16.1. The van der Waals surface area contributed by atoms with Gasteiger partial charge < -0.3 is 14.2 Å². The highest BCUT2D eigenvalue weighted by Crippen LogP contribution is 2.32. The second-order valence-corrected chi connectivity index (χ2v) is 6.28. The molecule has 0 radical (unpaired) electrons. The van der Waals surface area contributed by atoms with Crippen LogP contribution in [0.4, 0.5) is 0 Å². The quantitative estimate of drug-likeness (QED) is 0.481. The third-order valence-corrected chi connectivity index (χ3v) is 3.80. The number of hydrogen-bond donors (Lipinski definition) is 0. The molecule has 0 bridgehead atoms. The first-order chi connectivity index (χ1) is 11.9. The summed E-state index contributed by atoms with van der Waals surface area (Å²) in [5, 5.41) is 1.87. The average Bonchev–Trinajstić information content (AvgIpc) is 2.55. The Morgan fingerprint density at radius 2 is 1.72 bits per heavy atom. The van der Waals surface area contributed by atoms with E-state index in [1.165, 1.54) is 19.9 Å². The van der Waals surface area contributed by atoms with Crippen molar-refractivity contribution in [1.82, 2.24) is 0 Å². The first kappa shape index (κ1) is 17.0. The molecule has 0 saturated carbocycles. The maximum absolute atomic E-state index is 12.3. The standard InChI is InChI=1S/C20H20O5/c1-4-11-23-17-10-9-13-7-5-6-8-14(13)15(17)12-16-18(21)24-20(2,3)25-19(16)22/h5-10,12H,4,11H2,1-3H3. The smallest absolute Gasteiger partial charge is 0.348 e. The first-order valence-electron chi connectivity index (χ1n) is 8.24. The van der Waals surface area contributed by atoms with Crippen LogP contribution in [0.15, 0.2) is 42.0 Å². The van der Waals surface area contributed by atoms with Gasteiger partial charge in [0.25, 0.3) is 5.79 Å². The molecule has 1 heterocycles. The van der Waals surface area contributed by atoms with Crippen molar-refractivity contribution in [2.75, 3.05) is 6.61 Å². The summed E-state index contributed by atoms with van der Waals surface area (Å²) in [5.41, 5.74) is 0.521. The molecular weight excluding hydrogens is 320 g/mol. The van der Waals surface area contributed by atoms with Gasteiger partial charge in [-0.25, -0.2) is 9.59 Å². The van der Waals surface area contributed by atoms with Gasteiger partial charge in [-0.2, -0.15) is 0 Å². The summed E-state index contributed by atoms with van der Waals surface area (Å²) in [6.07, 6.45) is 2.34. The van der Waals surface area contributed by atoms with Crippen molar-refractivity contribution in [1.29, 1.82) is 0 Å². The molecule has 2 aromatic rings. The molecular formula is C20H20O5. The third kappa shape index (κ3) is 3.50. The van der Waals surface area contributed by atoms with Crippen LogP contribution in [0, 0.1) is 0 Å². The van der Waals surface area contributed by atoms with E-state index in [1.54, 1.807) is 0 Å². The lowest BCUT2D eigenvalue weighted by molar-refractivity contribution is -0.222. The minimum atomic E-state index is -1.26. The van der Waals surface area contributed by atoms with Crippen LogP contribution in [0.3, 0.4) is 0 Å². The maximum Gasteiger partial charge on any atom is 0.348 e. The summed E-state index contributed by atoms with van der Waals surface area (Å²) in [5.74, 6) is -2.05. The van der Waals surface area contributed by atoms with Crippen molar-refractivity contribution < 1.29 is 23.8 Å². The third-order valence-electron chi connectivity index (χ3n) is 3.80. The predicted molar refractivity (Wildman–Crippen MR) is 94.0 cm³/mol. The Kier molecular flexibility index (Phi) is 4.49. The van der Waals surface area contributed by atoms with Crippen LogP contribution in [-0.4, -0.2) is 24.3 Å². The van der Waals surface area contributed by atoms with E-state index >= 15 is 0 Å². The van der Waals surface area contributed by atoms with E-state index in [0.29, 0.717) is 17.9 Å². The van der Waals surface area contributed by atoms with Crippen LogP contribution in [0.5, 0.6) is 5.75 Å². The Labute approximate surface area is 146 Å². The highest BCUT2D eigenvalue weighted by molar-refractivity contribution is 6.19. The van der Waals surface area contributed by atoms with Crippen LogP contribution < -0.4 is 4.74 Å². The minimum Gasteiger partial charge on any atom is -0.493 e. The monoisotopic (exact) mass is 340 g/mol. The van der Waals surface area contributed by atoms with Crippen LogP contribution in [0.25, 0.3) is 16.8 Å². The molecule has 5 heteroatoms. The van der Waals surface area contributed by atoms with Gasteiger partial charge in [0.05, 0.1) is 6.61 Å². The lowest BCUT2D eigenvalue weighted by Gasteiger charge is -2.29. The van der Waals surface area contributed by atoms with Crippen LogP contribution in [-0.2, 0) is 19.1 Å². The molecule has 0 unspecified atom stereocenters. The molecule has 0 amide bonds. The van der Waals surface area contributed by atoms with Gasteiger partial charge in [-0.3, -0.25) is 0 Å². The molecule has 1 aliphatic rings. The van der Waals surface area contributed by atoms with Crippen molar-refractivity contribution >= 4 is 28.8 Å². The molecule has 2 aromatic carbocycles. The van der Waals surface area contributed by atoms with E-state index in [2.05, 4.69) is 0 Å². The van der Waals surface area contributed by atoms with E-state index in [1.807, 2.05) is 43.3 Å². The van der Waals surface area contributed by atoms with Crippen molar-refractivity contribution in [3.8, 4) is 5.75 Å². The number of esters is 2. The molecule has 1 fully saturated rings. The van der Waals surface area contributed by atoms with Crippen LogP contribution >= 0.6 is 0 Å². The van der Waals surface area contributed by atoms with Crippen molar-refractivity contribution in [3.63, 3.8) is 0 Å². The van der Waals surface area contributed by atoms with E-state index in [9.17, 15) is 9.59 Å². The summed E-state index contributed by atoms with van der Waals surface area (Å²) in [6.45, 7) is 5.59. The second kappa shape index (κ2) is 6.59. The fraction of sp³-hybridized carbons (Fsp3) is 0.300. The fourth-order valence-electron chi connectivity index (χ4n) is 2.69. The van der Waals surface area contributed by atoms with E-state index in [0.717, 1.165) is 17.2 Å². The number of carbonyl (C=O) groups is 2. The number of rotatable bonds is 4. The normalized spacial score (nSPS) is 16.4. The van der Waals surface area contributed by atoms with Gasteiger partial charge in [-0.05, 0) is 29.3 Å². The zero-order valence-corrected chi connectivity index (χ0v) is 14.5. The Hall–Kier alpha value is -2.82. The van der Waals surface area contributed by atoms with Crippen LogP contribution in [0.1, 0.15) is 32.8 Å². The fourth-order valence-corrected chi connectivity index (χ4v) is 2.69. The summed E-state index contributed by atoms with van der Waals surface area (Å²) in [7, 11) is 0. The average molecular weight is 340 g/mol. The number of carbonyl (C=O) groups excluding carboxylic acids is 2. The lowest BCUT2D eigenvalue weighted by atomic mass is 10.0. The first-order valence-corrected chi connectivity index (χ1v) is 8.24. The molecule has 0 aromatic heterocycles. The van der Waals surface area contributed by atoms with Crippen molar-refractivity contribution in [2.45, 2.75) is 33.0 Å². The Morgan fingerprint density at radius 1 is 1.04 bits per heavy atom. The zero-order chi connectivity index (χ0) is 18.0. The summed E-state index contributed by atoms with van der Waals surface area (Å²) >= 11 is 0. The van der Waals surface area contributed by atoms with Gasteiger partial charge in [0.15, 0.2) is 0 Å². The Morgan fingerprint density at radius 3 is 2.40 bits per heavy atom.